The Morgan fingerprint density at radius 2 is 1.77 bits per heavy atom. The SMILES string of the molecule is CN=C(NCC1(N(C)C)Cc2ccccc2C1)NC1CCCC(C(=O)N(C)C)C1.I. The van der Waals surface area contributed by atoms with E-state index in [9.17, 15) is 4.79 Å². The van der Waals surface area contributed by atoms with E-state index >= 15 is 0 Å². The highest BCUT2D eigenvalue weighted by molar-refractivity contribution is 14.0. The molecule has 2 aliphatic carbocycles. The Kier molecular flexibility index (Phi) is 8.97. The van der Waals surface area contributed by atoms with Crippen molar-refractivity contribution in [2.45, 2.75) is 50.1 Å². The number of fused-ring (bicyclic) bond motifs is 1. The molecule has 1 aromatic rings. The summed E-state index contributed by atoms with van der Waals surface area (Å²) in [5.41, 5.74) is 2.95. The Hall–Kier alpha value is -1.35. The molecule has 1 saturated carbocycles. The topological polar surface area (TPSA) is 60.0 Å². The summed E-state index contributed by atoms with van der Waals surface area (Å²) < 4.78 is 0. The van der Waals surface area contributed by atoms with Crippen molar-refractivity contribution < 1.29 is 4.79 Å². The van der Waals surface area contributed by atoms with Crippen LogP contribution in [0.4, 0.5) is 0 Å². The van der Waals surface area contributed by atoms with Gasteiger partial charge in [0.05, 0.1) is 0 Å². The molecule has 6 nitrogen and oxygen atoms in total. The number of rotatable bonds is 5. The van der Waals surface area contributed by atoms with Crippen LogP contribution < -0.4 is 10.6 Å². The largest absolute Gasteiger partial charge is 0.355 e. The summed E-state index contributed by atoms with van der Waals surface area (Å²) in [4.78, 5) is 20.9. The van der Waals surface area contributed by atoms with Gasteiger partial charge in [0.25, 0.3) is 0 Å². The number of amides is 1. The van der Waals surface area contributed by atoms with Gasteiger partial charge in [-0.1, -0.05) is 30.7 Å². The molecule has 1 amide bonds. The molecular formula is C23H38IN5O. The maximum absolute atomic E-state index is 12.4. The highest BCUT2D eigenvalue weighted by Gasteiger charge is 2.39. The summed E-state index contributed by atoms with van der Waals surface area (Å²) in [6.45, 7) is 0.834. The van der Waals surface area contributed by atoms with Gasteiger partial charge in [-0.3, -0.25) is 9.79 Å². The molecule has 1 aromatic carbocycles. The average Bonchev–Trinajstić information content (AvgIpc) is 3.10. The summed E-state index contributed by atoms with van der Waals surface area (Å²) in [5, 5.41) is 7.16. The Morgan fingerprint density at radius 1 is 1.13 bits per heavy atom. The third-order valence-corrected chi connectivity index (χ3v) is 6.72. The van der Waals surface area contributed by atoms with E-state index in [-0.39, 0.29) is 41.3 Å². The second kappa shape index (κ2) is 10.8. The van der Waals surface area contributed by atoms with Crippen LogP contribution in [0, 0.1) is 5.92 Å². The van der Waals surface area contributed by atoms with Crippen LogP contribution in [-0.4, -0.2) is 75.0 Å². The van der Waals surface area contributed by atoms with Crippen LogP contribution in [0.25, 0.3) is 0 Å². The monoisotopic (exact) mass is 527 g/mol. The number of nitrogens with zero attached hydrogens (tertiary/aromatic N) is 3. The predicted molar refractivity (Wildman–Crippen MR) is 135 cm³/mol. The van der Waals surface area contributed by atoms with E-state index in [2.05, 4.69) is 58.9 Å². The van der Waals surface area contributed by atoms with Crippen molar-refractivity contribution in [1.82, 2.24) is 20.4 Å². The zero-order valence-electron chi connectivity index (χ0n) is 19.1. The number of aliphatic imine (C=N–C) groups is 1. The van der Waals surface area contributed by atoms with Crippen LogP contribution in [0.3, 0.4) is 0 Å². The van der Waals surface area contributed by atoms with Crippen molar-refractivity contribution in [3.63, 3.8) is 0 Å². The average molecular weight is 527 g/mol. The highest BCUT2D eigenvalue weighted by Crippen LogP contribution is 2.33. The molecule has 168 valence electrons. The van der Waals surface area contributed by atoms with Crippen molar-refractivity contribution in [3.05, 3.63) is 35.4 Å². The Bertz CT molecular complexity index is 724. The molecule has 2 aliphatic rings. The van der Waals surface area contributed by atoms with Gasteiger partial charge in [-0.25, -0.2) is 0 Å². The second-order valence-corrected chi connectivity index (χ2v) is 9.10. The minimum Gasteiger partial charge on any atom is -0.355 e. The zero-order chi connectivity index (χ0) is 21.0. The van der Waals surface area contributed by atoms with Crippen LogP contribution in [0.1, 0.15) is 36.8 Å². The van der Waals surface area contributed by atoms with Crippen LogP contribution in [0.15, 0.2) is 29.3 Å². The first-order chi connectivity index (χ1) is 13.8. The van der Waals surface area contributed by atoms with Gasteiger partial charge in [-0.2, -0.15) is 0 Å². The number of nitrogens with one attached hydrogen (secondary N) is 2. The van der Waals surface area contributed by atoms with Gasteiger partial charge in [0.1, 0.15) is 0 Å². The second-order valence-electron chi connectivity index (χ2n) is 9.10. The molecular weight excluding hydrogens is 489 g/mol. The lowest BCUT2D eigenvalue weighted by molar-refractivity contribution is -0.134. The van der Waals surface area contributed by atoms with Crippen LogP contribution in [0.5, 0.6) is 0 Å². The van der Waals surface area contributed by atoms with Gasteiger partial charge < -0.3 is 20.4 Å². The lowest BCUT2D eigenvalue weighted by Crippen LogP contribution is -2.56. The van der Waals surface area contributed by atoms with E-state index in [1.807, 2.05) is 21.1 Å². The summed E-state index contributed by atoms with van der Waals surface area (Å²) >= 11 is 0. The first-order valence-electron chi connectivity index (χ1n) is 10.8. The summed E-state index contributed by atoms with van der Waals surface area (Å²) in [6.07, 6.45) is 6.12. The lowest BCUT2D eigenvalue weighted by atomic mass is 9.85. The Morgan fingerprint density at radius 3 is 2.30 bits per heavy atom. The summed E-state index contributed by atoms with van der Waals surface area (Å²) in [5.74, 6) is 1.20. The normalized spacial score (nSPS) is 22.8. The lowest BCUT2D eigenvalue weighted by Gasteiger charge is -2.37. The van der Waals surface area contributed by atoms with E-state index in [4.69, 9.17) is 0 Å². The first-order valence-corrected chi connectivity index (χ1v) is 10.8. The maximum atomic E-state index is 12.4. The molecule has 3 rings (SSSR count). The summed E-state index contributed by atoms with van der Waals surface area (Å²) in [6, 6.07) is 9.05. The van der Waals surface area contributed by atoms with Crippen LogP contribution in [0.2, 0.25) is 0 Å². The number of hydrogen-bond acceptors (Lipinski definition) is 3. The molecule has 0 spiro atoms. The van der Waals surface area contributed by atoms with Crippen molar-refractivity contribution in [2.24, 2.45) is 10.9 Å². The Balaban J connectivity index is 0.00000320. The molecule has 2 unspecified atom stereocenters. The first kappa shape index (κ1) is 24.9. The maximum Gasteiger partial charge on any atom is 0.225 e. The van der Waals surface area contributed by atoms with E-state index in [0.29, 0.717) is 6.04 Å². The Labute approximate surface area is 198 Å². The fraction of sp³-hybridized carbons (Fsp3) is 0.652. The van der Waals surface area contributed by atoms with Gasteiger partial charge in [0.2, 0.25) is 5.91 Å². The predicted octanol–water partition coefficient (Wildman–Crippen LogP) is 2.52. The number of halogens is 1. The van der Waals surface area contributed by atoms with Gasteiger partial charge in [0.15, 0.2) is 5.96 Å². The van der Waals surface area contributed by atoms with E-state index in [1.54, 1.807) is 4.90 Å². The molecule has 1 fully saturated rings. The molecule has 7 heteroatoms. The molecule has 0 aromatic heterocycles. The number of hydrogen-bond donors (Lipinski definition) is 2. The minimum atomic E-state index is 0. The van der Waals surface area contributed by atoms with E-state index in [1.165, 1.54) is 11.1 Å². The molecule has 2 N–H and O–H groups in total. The van der Waals surface area contributed by atoms with Crippen molar-refractivity contribution >= 4 is 35.8 Å². The fourth-order valence-corrected chi connectivity index (χ4v) is 4.82. The molecule has 0 saturated heterocycles. The fourth-order valence-electron chi connectivity index (χ4n) is 4.82. The molecule has 0 radical (unpaired) electrons. The van der Waals surface area contributed by atoms with Crippen molar-refractivity contribution in [1.29, 1.82) is 0 Å². The minimum absolute atomic E-state index is 0. The van der Waals surface area contributed by atoms with Crippen molar-refractivity contribution in [3.8, 4) is 0 Å². The van der Waals surface area contributed by atoms with Gasteiger partial charge in [-0.15, -0.1) is 24.0 Å². The molecule has 2 atom stereocenters. The third-order valence-electron chi connectivity index (χ3n) is 6.72. The third kappa shape index (κ3) is 5.66. The number of guanidine groups is 1. The quantitative estimate of drug-likeness (QED) is 0.351. The number of carbonyl (C=O) groups is 1. The summed E-state index contributed by atoms with van der Waals surface area (Å²) in [7, 11) is 9.86. The zero-order valence-corrected chi connectivity index (χ0v) is 21.4. The van der Waals surface area contributed by atoms with Crippen LogP contribution in [-0.2, 0) is 17.6 Å². The van der Waals surface area contributed by atoms with Gasteiger partial charge in [0, 0.05) is 45.2 Å². The highest BCUT2D eigenvalue weighted by atomic mass is 127. The van der Waals surface area contributed by atoms with Gasteiger partial charge >= 0.3 is 0 Å². The number of carbonyl (C=O) groups excluding carboxylic acids is 1. The molecule has 30 heavy (non-hydrogen) atoms. The standard InChI is InChI=1S/C23H37N5O.HI/c1-24-22(26-20-12-8-11-17(13-20)21(29)27(2)3)25-16-23(28(4)5)14-18-9-6-7-10-19(18)15-23;/h6-7,9-10,17,20H,8,11-16H2,1-5H3,(H2,24,25,26);1H. The molecule has 0 aliphatic heterocycles. The molecule has 0 bridgehead atoms. The smallest absolute Gasteiger partial charge is 0.225 e. The van der Waals surface area contributed by atoms with E-state index < -0.39 is 0 Å². The number of likely N-dealkylation sites (N-methyl/N-ethyl adjacent to an activating group) is 1. The van der Waals surface area contributed by atoms with Crippen LogP contribution >= 0.6 is 24.0 Å². The van der Waals surface area contributed by atoms with Crippen molar-refractivity contribution in [2.75, 3.05) is 41.8 Å². The van der Waals surface area contributed by atoms with E-state index in [0.717, 1.165) is 51.0 Å². The molecule has 0 heterocycles. The van der Waals surface area contributed by atoms with Gasteiger partial charge in [-0.05, 0) is 57.3 Å². The number of benzene rings is 1.